The van der Waals surface area contributed by atoms with E-state index in [4.69, 9.17) is 4.74 Å². The van der Waals surface area contributed by atoms with Crippen molar-refractivity contribution >= 4 is 38.1 Å². The molecule has 0 unspecified atom stereocenters. The number of rotatable bonds is 7. The van der Waals surface area contributed by atoms with Gasteiger partial charge in [-0.25, -0.2) is 8.42 Å². The van der Waals surface area contributed by atoms with Crippen LogP contribution in [0.15, 0.2) is 89.8 Å². The SMILES string of the molecule is Cc1ccc(S(=O)(=O)N(C)c2ccc(OCC(=O)Nc3ccc(O)c4ccccc34)cc2)cc1. The molecule has 0 aliphatic carbocycles. The summed E-state index contributed by atoms with van der Waals surface area (Å²) in [6, 6.07) is 23.5. The van der Waals surface area contributed by atoms with Crippen LogP contribution in [0.25, 0.3) is 10.8 Å². The Hall–Kier alpha value is -4.04. The van der Waals surface area contributed by atoms with Gasteiger partial charge in [0, 0.05) is 23.5 Å². The highest BCUT2D eigenvalue weighted by molar-refractivity contribution is 7.92. The number of benzene rings is 4. The van der Waals surface area contributed by atoms with Crippen LogP contribution >= 0.6 is 0 Å². The van der Waals surface area contributed by atoms with Gasteiger partial charge in [0.15, 0.2) is 6.61 Å². The molecular formula is C26H24N2O5S. The maximum absolute atomic E-state index is 12.9. The minimum atomic E-state index is -3.69. The third kappa shape index (κ3) is 4.82. The van der Waals surface area contributed by atoms with Gasteiger partial charge in [0.25, 0.3) is 15.9 Å². The average Bonchev–Trinajstić information content (AvgIpc) is 2.85. The Labute approximate surface area is 198 Å². The van der Waals surface area contributed by atoms with Gasteiger partial charge < -0.3 is 15.2 Å². The summed E-state index contributed by atoms with van der Waals surface area (Å²) in [5.41, 5.74) is 2.01. The highest BCUT2D eigenvalue weighted by atomic mass is 32.2. The molecule has 0 bridgehead atoms. The molecule has 4 aromatic carbocycles. The number of sulfonamides is 1. The molecule has 0 spiro atoms. The highest BCUT2D eigenvalue weighted by Crippen LogP contribution is 2.30. The van der Waals surface area contributed by atoms with Gasteiger partial charge in [-0.2, -0.15) is 0 Å². The molecule has 0 fully saturated rings. The Bertz CT molecular complexity index is 1430. The quantitative estimate of drug-likeness (QED) is 0.377. The maximum atomic E-state index is 12.9. The monoisotopic (exact) mass is 476 g/mol. The van der Waals surface area contributed by atoms with Crippen molar-refractivity contribution in [3.63, 3.8) is 0 Å². The van der Waals surface area contributed by atoms with Crippen molar-refractivity contribution in [2.24, 2.45) is 0 Å². The molecule has 0 aromatic heterocycles. The Morgan fingerprint density at radius 1 is 0.912 bits per heavy atom. The fourth-order valence-corrected chi connectivity index (χ4v) is 4.68. The molecule has 0 heterocycles. The number of hydrogen-bond donors (Lipinski definition) is 2. The highest BCUT2D eigenvalue weighted by Gasteiger charge is 2.21. The zero-order valence-corrected chi connectivity index (χ0v) is 19.5. The summed E-state index contributed by atoms with van der Waals surface area (Å²) >= 11 is 0. The number of amides is 1. The normalized spacial score (nSPS) is 11.2. The number of ether oxygens (including phenoxy) is 1. The predicted octanol–water partition coefficient (Wildman–Crippen LogP) is 4.70. The molecule has 0 saturated heterocycles. The standard InChI is InChI=1S/C26H24N2O5S/c1-18-7-13-21(14-8-18)34(31,32)28(2)19-9-11-20(12-10-19)33-17-26(30)27-24-15-16-25(29)23-6-4-3-5-22(23)24/h3-16,29H,17H2,1-2H3,(H,27,30). The number of hydrogen-bond acceptors (Lipinski definition) is 5. The molecule has 1 amide bonds. The summed E-state index contributed by atoms with van der Waals surface area (Å²) in [5.74, 6) is 0.203. The van der Waals surface area contributed by atoms with Gasteiger partial charge in [0.2, 0.25) is 0 Å². The third-order valence-corrected chi connectivity index (χ3v) is 7.22. The lowest BCUT2D eigenvalue weighted by atomic mass is 10.1. The number of nitrogens with zero attached hydrogens (tertiary/aromatic N) is 1. The second-order valence-corrected chi connectivity index (χ2v) is 9.76. The fourth-order valence-electron chi connectivity index (χ4n) is 3.49. The molecule has 174 valence electrons. The van der Waals surface area contributed by atoms with E-state index in [9.17, 15) is 18.3 Å². The van der Waals surface area contributed by atoms with Crippen molar-refractivity contribution in [2.75, 3.05) is 23.3 Å². The third-order valence-electron chi connectivity index (χ3n) is 5.42. The minimum Gasteiger partial charge on any atom is -0.507 e. The van der Waals surface area contributed by atoms with Crippen LogP contribution in [0.4, 0.5) is 11.4 Å². The van der Waals surface area contributed by atoms with Crippen LogP contribution in [0.2, 0.25) is 0 Å². The Morgan fingerprint density at radius 3 is 2.24 bits per heavy atom. The zero-order chi connectivity index (χ0) is 24.3. The molecule has 0 aliphatic rings. The molecule has 0 aliphatic heterocycles. The number of carbonyl (C=O) groups excluding carboxylic acids is 1. The van der Waals surface area contributed by atoms with E-state index < -0.39 is 10.0 Å². The summed E-state index contributed by atoms with van der Waals surface area (Å²) in [6.45, 7) is 1.66. The van der Waals surface area contributed by atoms with Crippen LogP contribution in [0.1, 0.15) is 5.56 Å². The number of aryl methyl sites for hydroxylation is 1. The number of aromatic hydroxyl groups is 1. The fraction of sp³-hybridized carbons (Fsp3) is 0.115. The average molecular weight is 477 g/mol. The van der Waals surface area contributed by atoms with Gasteiger partial charge in [-0.1, -0.05) is 42.0 Å². The number of carbonyl (C=O) groups is 1. The molecular weight excluding hydrogens is 452 g/mol. The Balaban J connectivity index is 1.40. The van der Waals surface area contributed by atoms with E-state index in [1.165, 1.54) is 17.4 Å². The lowest BCUT2D eigenvalue weighted by Crippen LogP contribution is -2.26. The first-order valence-corrected chi connectivity index (χ1v) is 12.0. The molecule has 34 heavy (non-hydrogen) atoms. The molecule has 7 nitrogen and oxygen atoms in total. The van der Waals surface area contributed by atoms with Crippen molar-refractivity contribution < 1.29 is 23.1 Å². The van der Waals surface area contributed by atoms with Crippen molar-refractivity contribution in [1.29, 1.82) is 0 Å². The van der Waals surface area contributed by atoms with Gasteiger partial charge in [0.05, 0.1) is 10.6 Å². The first-order chi connectivity index (χ1) is 16.3. The second kappa shape index (κ2) is 9.44. The molecule has 4 rings (SSSR count). The predicted molar refractivity (Wildman–Crippen MR) is 133 cm³/mol. The van der Waals surface area contributed by atoms with Crippen LogP contribution < -0.4 is 14.4 Å². The smallest absolute Gasteiger partial charge is 0.264 e. The Kier molecular flexibility index (Phi) is 6.43. The summed E-state index contributed by atoms with van der Waals surface area (Å²) in [6.07, 6.45) is 0. The van der Waals surface area contributed by atoms with Crippen molar-refractivity contribution in [2.45, 2.75) is 11.8 Å². The van der Waals surface area contributed by atoms with Gasteiger partial charge in [0.1, 0.15) is 11.5 Å². The van der Waals surface area contributed by atoms with Crippen LogP contribution in [0, 0.1) is 6.92 Å². The lowest BCUT2D eigenvalue weighted by Gasteiger charge is -2.20. The first-order valence-electron chi connectivity index (χ1n) is 10.5. The van der Waals surface area contributed by atoms with Crippen molar-refractivity contribution in [3.8, 4) is 11.5 Å². The van der Waals surface area contributed by atoms with Crippen LogP contribution in [0.5, 0.6) is 11.5 Å². The largest absolute Gasteiger partial charge is 0.507 e. The summed E-state index contributed by atoms with van der Waals surface area (Å²) in [7, 11) is -2.21. The molecule has 4 aromatic rings. The summed E-state index contributed by atoms with van der Waals surface area (Å²) in [5, 5.41) is 14.1. The maximum Gasteiger partial charge on any atom is 0.264 e. The molecule has 0 radical (unpaired) electrons. The second-order valence-electron chi connectivity index (χ2n) is 7.79. The van der Waals surface area contributed by atoms with Crippen molar-refractivity contribution in [3.05, 3.63) is 90.5 Å². The number of nitrogens with one attached hydrogen (secondary N) is 1. The molecule has 2 N–H and O–H groups in total. The zero-order valence-electron chi connectivity index (χ0n) is 18.7. The number of anilines is 2. The van der Waals surface area contributed by atoms with Gasteiger partial charge in [-0.15, -0.1) is 0 Å². The van der Waals surface area contributed by atoms with Crippen molar-refractivity contribution in [1.82, 2.24) is 0 Å². The molecule has 0 saturated carbocycles. The number of phenolic OH excluding ortho intramolecular Hbond substituents is 1. The molecule has 8 heteroatoms. The van der Waals surface area contributed by atoms with E-state index in [0.717, 1.165) is 10.9 Å². The van der Waals surface area contributed by atoms with Gasteiger partial charge in [-0.05, 0) is 55.5 Å². The van der Waals surface area contributed by atoms with E-state index in [-0.39, 0.29) is 23.2 Å². The van der Waals surface area contributed by atoms with Crippen LogP contribution in [-0.2, 0) is 14.8 Å². The van der Waals surface area contributed by atoms with E-state index in [2.05, 4.69) is 5.32 Å². The number of phenols is 1. The Morgan fingerprint density at radius 2 is 1.56 bits per heavy atom. The van der Waals surface area contributed by atoms with E-state index in [1.807, 2.05) is 25.1 Å². The van der Waals surface area contributed by atoms with Gasteiger partial charge >= 0.3 is 0 Å². The first kappa shape index (κ1) is 23.1. The minimum absolute atomic E-state index is 0.138. The van der Waals surface area contributed by atoms with Crippen LogP contribution in [-0.4, -0.2) is 33.1 Å². The van der Waals surface area contributed by atoms with E-state index >= 15 is 0 Å². The van der Waals surface area contributed by atoms with Gasteiger partial charge in [-0.3, -0.25) is 9.10 Å². The summed E-state index contributed by atoms with van der Waals surface area (Å²) < 4.78 is 32.5. The van der Waals surface area contributed by atoms with E-state index in [1.54, 1.807) is 60.7 Å². The summed E-state index contributed by atoms with van der Waals surface area (Å²) in [4.78, 5) is 12.6. The lowest BCUT2D eigenvalue weighted by molar-refractivity contribution is -0.118. The van der Waals surface area contributed by atoms with E-state index in [0.29, 0.717) is 22.5 Å². The topological polar surface area (TPSA) is 95.9 Å². The number of fused-ring (bicyclic) bond motifs is 1. The van der Waals surface area contributed by atoms with Crippen LogP contribution in [0.3, 0.4) is 0 Å². The molecule has 0 atom stereocenters.